The summed E-state index contributed by atoms with van der Waals surface area (Å²) in [5.41, 5.74) is -0.438. The molecule has 4 rings (SSSR count). The second kappa shape index (κ2) is 8.14. The zero-order valence-corrected chi connectivity index (χ0v) is 17.3. The normalized spacial score (nSPS) is 13.8. The van der Waals surface area contributed by atoms with E-state index in [1.165, 1.54) is 26.4 Å². The van der Waals surface area contributed by atoms with Gasteiger partial charge in [0, 0.05) is 24.7 Å². The van der Waals surface area contributed by atoms with Gasteiger partial charge in [-0.2, -0.15) is 0 Å². The molecule has 1 fully saturated rings. The molecule has 164 valence electrons. The highest BCUT2D eigenvalue weighted by atomic mass is 16.5. The molecular formula is C22H20N4O6. The van der Waals surface area contributed by atoms with Gasteiger partial charge in [-0.05, 0) is 37.1 Å². The van der Waals surface area contributed by atoms with Crippen LogP contribution in [0.1, 0.15) is 23.2 Å². The van der Waals surface area contributed by atoms with Gasteiger partial charge >= 0.3 is 5.97 Å². The highest BCUT2D eigenvalue weighted by molar-refractivity contribution is 6.10. The number of benzene rings is 1. The Morgan fingerprint density at radius 2 is 1.88 bits per heavy atom. The van der Waals surface area contributed by atoms with Crippen molar-refractivity contribution in [1.29, 1.82) is 0 Å². The van der Waals surface area contributed by atoms with E-state index in [2.05, 4.69) is 20.6 Å². The summed E-state index contributed by atoms with van der Waals surface area (Å²) in [4.78, 5) is 44.1. The van der Waals surface area contributed by atoms with Crippen molar-refractivity contribution in [3.63, 3.8) is 0 Å². The fraction of sp³-hybridized carbons (Fsp3) is 0.227. The van der Waals surface area contributed by atoms with Crippen molar-refractivity contribution >= 4 is 34.5 Å². The van der Waals surface area contributed by atoms with Crippen LogP contribution in [0.25, 0.3) is 10.9 Å². The van der Waals surface area contributed by atoms with Gasteiger partial charge in [-0.1, -0.05) is 0 Å². The van der Waals surface area contributed by atoms with E-state index in [0.29, 0.717) is 46.6 Å². The van der Waals surface area contributed by atoms with Crippen molar-refractivity contribution in [3.05, 3.63) is 48.3 Å². The minimum atomic E-state index is -1.35. The lowest BCUT2D eigenvalue weighted by Gasteiger charge is -2.13. The summed E-state index contributed by atoms with van der Waals surface area (Å²) in [6, 6.07) is 8.06. The number of aliphatic carboxylic acids is 1. The molecule has 3 N–H and O–H groups in total. The number of anilines is 1. The molecule has 1 aliphatic carbocycles. The van der Waals surface area contributed by atoms with E-state index in [0.717, 1.165) is 0 Å². The molecular weight excluding hydrogens is 416 g/mol. The Morgan fingerprint density at radius 3 is 2.47 bits per heavy atom. The average molecular weight is 436 g/mol. The lowest BCUT2D eigenvalue weighted by atomic mass is 10.1. The fourth-order valence-corrected chi connectivity index (χ4v) is 3.26. The Morgan fingerprint density at radius 1 is 1.09 bits per heavy atom. The molecule has 10 nitrogen and oxygen atoms in total. The van der Waals surface area contributed by atoms with Crippen molar-refractivity contribution in [2.45, 2.75) is 12.8 Å². The lowest BCUT2D eigenvalue weighted by molar-refractivity contribution is -0.147. The zero-order chi connectivity index (χ0) is 22.9. The average Bonchev–Trinajstić information content (AvgIpc) is 3.61. The van der Waals surface area contributed by atoms with Gasteiger partial charge in [0.05, 0.1) is 24.4 Å². The van der Waals surface area contributed by atoms with Gasteiger partial charge in [-0.3, -0.25) is 19.4 Å². The molecule has 0 bridgehead atoms. The second-order valence-electron chi connectivity index (χ2n) is 7.28. The Hall–Kier alpha value is -4.21. The van der Waals surface area contributed by atoms with Gasteiger partial charge in [0.15, 0.2) is 0 Å². The highest BCUT2D eigenvalue weighted by Crippen LogP contribution is 2.46. The first kappa shape index (κ1) is 21.0. The summed E-state index contributed by atoms with van der Waals surface area (Å²) < 4.78 is 11.2. The molecule has 0 atom stereocenters. The second-order valence-corrected chi connectivity index (χ2v) is 7.28. The Kier molecular flexibility index (Phi) is 5.35. The number of rotatable bonds is 7. The number of methoxy groups -OCH3 is 1. The van der Waals surface area contributed by atoms with Crippen LogP contribution in [0, 0.1) is 5.41 Å². The highest BCUT2D eigenvalue weighted by Gasteiger charge is 2.57. The van der Waals surface area contributed by atoms with Crippen molar-refractivity contribution in [2.24, 2.45) is 5.41 Å². The third kappa shape index (κ3) is 3.78. The number of carboxylic acid groups (broad SMARTS) is 1. The Bertz CT molecular complexity index is 1220. The van der Waals surface area contributed by atoms with Crippen LogP contribution >= 0.6 is 0 Å². The first-order valence-electron chi connectivity index (χ1n) is 9.75. The minimum absolute atomic E-state index is 0.223. The van der Waals surface area contributed by atoms with Gasteiger partial charge in [-0.25, -0.2) is 4.98 Å². The van der Waals surface area contributed by atoms with Gasteiger partial charge < -0.3 is 25.2 Å². The first-order valence-corrected chi connectivity index (χ1v) is 9.75. The summed E-state index contributed by atoms with van der Waals surface area (Å²) >= 11 is 0. The number of nitrogens with one attached hydrogen (secondary N) is 2. The minimum Gasteiger partial charge on any atom is -0.496 e. The first-order chi connectivity index (χ1) is 15.4. The fourth-order valence-electron chi connectivity index (χ4n) is 3.26. The quantitative estimate of drug-likeness (QED) is 0.480. The maximum atomic E-state index is 12.2. The van der Waals surface area contributed by atoms with Crippen molar-refractivity contribution < 1.29 is 29.0 Å². The summed E-state index contributed by atoms with van der Waals surface area (Å²) in [6.45, 7) is 0. The molecule has 0 aliphatic heterocycles. The van der Waals surface area contributed by atoms with Crippen LogP contribution in [0.3, 0.4) is 0 Å². The molecule has 0 saturated heterocycles. The number of aromatic nitrogens is 2. The van der Waals surface area contributed by atoms with E-state index in [9.17, 15) is 19.5 Å². The van der Waals surface area contributed by atoms with Crippen LogP contribution in [0.2, 0.25) is 0 Å². The molecule has 0 spiro atoms. The van der Waals surface area contributed by atoms with Crippen molar-refractivity contribution in [1.82, 2.24) is 15.3 Å². The summed E-state index contributed by atoms with van der Waals surface area (Å²) in [5.74, 6) is -0.583. The van der Waals surface area contributed by atoms with Gasteiger partial charge in [0.25, 0.3) is 5.91 Å². The number of nitrogens with zero attached hydrogens (tertiary/aromatic N) is 2. The van der Waals surface area contributed by atoms with E-state index in [1.54, 1.807) is 30.5 Å². The summed E-state index contributed by atoms with van der Waals surface area (Å²) in [6.07, 6.45) is 3.60. The molecule has 32 heavy (non-hydrogen) atoms. The largest absolute Gasteiger partial charge is 0.496 e. The molecule has 0 radical (unpaired) electrons. The van der Waals surface area contributed by atoms with Gasteiger partial charge in [0.1, 0.15) is 28.5 Å². The molecule has 1 saturated carbocycles. The third-order valence-corrected chi connectivity index (χ3v) is 5.29. The van der Waals surface area contributed by atoms with E-state index in [1.807, 2.05) is 0 Å². The van der Waals surface area contributed by atoms with Crippen LogP contribution in [0.15, 0.2) is 42.7 Å². The van der Waals surface area contributed by atoms with Crippen molar-refractivity contribution in [3.8, 4) is 17.2 Å². The molecule has 2 amide bonds. The zero-order valence-electron chi connectivity index (χ0n) is 17.3. The smallest absolute Gasteiger partial charge is 0.319 e. The maximum absolute atomic E-state index is 12.2. The van der Waals surface area contributed by atoms with Crippen LogP contribution in [0.4, 0.5) is 5.82 Å². The molecule has 1 aromatic carbocycles. The molecule has 2 heterocycles. The van der Waals surface area contributed by atoms with Crippen LogP contribution in [0.5, 0.6) is 17.2 Å². The molecule has 3 aromatic rings. The SMILES string of the molecule is CNC(=O)c1cc2c(Oc3ccc(NC(=O)C4(C(=O)O)CC4)nc3)ccnc2cc1OC. The topological polar surface area (TPSA) is 140 Å². The number of hydrogen-bond donors (Lipinski definition) is 3. The van der Waals surface area contributed by atoms with Crippen molar-refractivity contribution in [2.75, 3.05) is 19.5 Å². The molecule has 2 aromatic heterocycles. The standard InChI is InChI=1S/C22H20N4O6/c1-23-19(27)14-9-13-15(10-17(14)31-2)24-8-5-16(13)32-12-3-4-18(25-11-12)26-20(28)22(6-7-22)21(29)30/h3-5,8-11H,6-7H2,1-2H3,(H,23,27)(H,29,30)(H,25,26,28). The lowest BCUT2D eigenvalue weighted by Crippen LogP contribution is -2.31. The number of fused-ring (bicyclic) bond motifs is 1. The number of carbonyl (C=O) groups excluding carboxylic acids is 2. The van der Waals surface area contributed by atoms with Gasteiger partial charge in [-0.15, -0.1) is 0 Å². The number of ether oxygens (including phenoxy) is 2. The number of carboxylic acids is 1. The Balaban J connectivity index is 1.57. The van der Waals surface area contributed by atoms with Crippen LogP contribution in [-0.4, -0.2) is 47.0 Å². The molecule has 0 unspecified atom stereocenters. The van der Waals surface area contributed by atoms with E-state index in [-0.39, 0.29) is 11.7 Å². The molecule has 10 heteroatoms. The number of pyridine rings is 2. The summed E-state index contributed by atoms with van der Waals surface area (Å²) in [7, 11) is 3.00. The monoisotopic (exact) mass is 436 g/mol. The van der Waals surface area contributed by atoms with E-state index in [4.69, 9.17) is 9.47 Å². The number of hydrogen-bond acceptors (Lipinski definition) is 7. The maximum Gasteiger partial charge on any atom is 0.319 e. The predicted molar refractivity (Wildman–Crippen MR) is 114 cm³/mol. The third-order valence-electron chi connectivity index (χ3n) is 5.29. The number of carbonyl (C=O) groups is 3. The molecule has 1 aliphatic rings. The summed E-state index contributed by atoms with van der Waals surface area (Å²) in [5, 5.41) is 14.9. The van der Waals surface area contributed by atoms with Crippen LogP contribution in [-0.2, 0) is 9.59 Å². The predicted octanol–water partition coefficient (Wildman–Crippen LogP) is 2.59. The van der Waals surface area contributed by atoms with Crippen LogP contribution < -0.4 is 20.1 Å². The number of amides is 2. The Labute approximate surface area is 182 Å². The van der Waals surface area contributed by atoms with Gasteiger partial charge in [0.2, 0.25) is 5.91 Å². The van der Waals surface area contributed by atoms with E-state index >= 15 is 0 Å². The van der Waals surface area contributed by atoms with E-state index < -0.39 is 17.3 Å².